The van der Waals surface area contributed by atoms with Crippen LogP contribution >= 0.6 is 11.3 Å². The van der Waals surface area contributed by atoms with E-state index in [0.717, 1.165) is 56.3 Å². The summed E-state index contributed by atoms with van der Waals surface area (Å²) >= 11 is 1.77. The molecule has 0 aliphatic carbocycles. The van der Waals surface area contributed by atoms with Gasteiger partial charge in [-0.3, -0.25) is 4.90 Å². The van der Waals surface area contributed by atoms with Crippen molar-refractivity contribution in [1.82, 2.24) is 15.5 Å². The van der Waals surface area contributed by atoms with Crippen LogP contribution < -0.4 is 15.4 Å². The molecule has 0 spiro atoms. The van der Waals surface area contributed by atoms with Gasteiger partial charge in [-0.2, -0.15) is 11.3 Å². The van der Waals surface area contributed by atoms with Crippen molar-refractivity contribution in [2.24, 2.45) is 4.99 Å². The van der Waals surface area contributed by atoms with Crippen molar-refractivity contribution in [2.75, 3.05) is 26.2 Å². The van der Waals surface area contributed by atoms with Crippen molar-refractivity contribution in [3.8, 4) is 5.75 Å². The van der Waals surface area contributed by atoms with Crippen LogP contribution in [0.1, 0.15) is 30.9 Å². The lowest BCUT2D eigenvalue weighted by Gasteiger charge is -2.33. The number of para-hydroxylation sites is 1. The second-order valence-electron chi connectivity index (χ2n) is 7.23. The van der Waals surface area contributed by atoms with Gasteiger partial charge in [-0.15, -0.1) is 0 Å². The monoisotopic (exact) mass is 412 g/mol. The minimum Gasteiger partial charge on any atom is -0.489 e. The number of thiophene rings is 1. The average molecular weight is 413 g/mol. The minimum absolute atomic E-state index is 0.457. The molecular weight excluding hydrogens is 380 g/mol. The fourth-order valence-corrected chi connectivity index (χ4v) is 4.14. The Labute approximate surface area is 178 Å². The Balaban J connectivity index is 1.53. The Morgan fingerprint density at radius 3 is 2.86 bits per heavy atom. The molecule has 1 aromatic carbocycles. The molecule has 1 aliphatic rings. The summed E-state index contributed by atoms with van der Waals surface area (Å²) in [6, 6.07) is 10.7. The molecule has 29 heavy (non-hydrogen) atoms. The maximum absolute atomic E-state index is 5.75. The van der Waals surface area contributed by atoms with Crippen molar-refractivity contribution in [3.05, 3.63) is 64.9 Å². The summed E-state index contributed by atoms with van der Waals surface area (Å²) < 4.78 is 5.75. The number of nitrogens with one attached hydrogen (secondary N) is 2. The van der Waals surface area contributed by atoms with E-state index < -0.39 is 0 Å². The van der Waals surface area contributed by atoms with E-state index in [-0.39, 0.29) is 0 Å². The third kappa shape index (κ3) is 6.91. The van der Waals surface area contributed by atoms with E-state index in [2.05, 4.69) is 51.9 Å². The molecule has 2 aromatic rings. The van der Waals surface area contributed by atoms with Crippen LogP contribution in [-0.2, 0) is 13.1 Å². The van der Waals surface area contributed by atoms with Crippen molar-refractivity contribution in [1.29, 1.82) is 0 Å². The van der Waals surface area contributed by atoms with E-state index in [9.17, 15) is 0 Å². The van der Waals surface area contributed by atoms with Crippen LogP contribution in [-0.4, -0.2) is 43.1 Å². The molecule has 2 heterocycles. The maximum atomic E-state index is 5.75. The summed E-state index contributed by atoms with van der Waals surface area (Å²) in [5, 5.41) is 11.4. The van der Waals surface area contributed by atoms with Gasteiger partial charge >= 0.3 is 0 Å². The second kappa shape index (κ2) is 11.6. The highest BCUT2D eigenvalue weighted by Gasteiger charge is 2.20. The van der Waals surface area contributed by atoms with E-state index in [0.29, 0.717) is 19.2 Å². The van der Waals surface area contributed by atoms with Crippen molar-refractivity contribution >= 4 is 17.3 Å². The van der Waals surface area contributed by atoms with Gasteiger partial charge in [0, 0.05) is 37.8 Å². The van der Waals surface area contributed by atoms with E-state index in [4.69, 9.17) is 9.73 Å². The Morgan fingerprint density at radius 1 is 1.31 bits per heavy atom. The zero-order chi connectivity index (χ0) is 20.3. The number of hydrogen-bond acceptors (Lipinski definition) is 4. The molecule has 2 N–H and O–H groups in total. The first-order chi connectivity index (χ1) is 14.3. The van der Waals surface area contributed by atoms with Crippen LogP contribution in [0.2, 0.25) is 0 Å². The summed E-state index contributed by atoms with van der Waals surface area (Å²) in [6.07, 6.45) is 4.03. The zero-order valence-electron chi connectivity index (χ0n) is 17.3. The molecule has 1 aromatic heterocycles. The predicted octanol–water partition coefficient (Wildman–Crippen LogP) is 4.03. The first-order valence-corrected chi connectivity index (χ1v) is 11.3. The van der Waals surface area contributed by atoms with Gasteiger partial charge in [-0.1, -0.05) is 30.9 Å². The topological polar surface area (TPSA) is 48.9 Å². The van der Waals surface area contributed by atoms with E-state index in [1.54, 1.807) is 17.4 Å². The molecule has 1 aliphatic heterocycles. The summed E-state index contributed by atoms with van der Waals surface area (Å²) in [5.41, 5.74) is 2.51. The average Bonchev–Trinajstić information content (AvgIpc) is 3.26. The second-order valence-corrected chi connectivity index (χ2v) is 8.01. The van der Waals surface area contributed by atoms with Gasteiger partial charge in [0.2, 0.25) is 0 Å². The molecule has 0 unspecified atom stereocenters. The smallest absolute Gasteiger partial charge is 0.191 e. The lowest BCUT2D eigenvalue weighted by molar-refractivity contribution is 0.198. The third-order valence-corrected chi connectivity index (χ3v) is 5.73. The number of hydrogen-bond donors (Lipinski definition) is 2. The molecule has 156 valence electrons. The molecular formula is C23H32N4OS. The van der Waals surface area contributed by atoms with Gasteiger partial charge in [-0.25, -0.2) is 4.99 Å². The first-order valence-electron chi connectivity index (χ1n) is 10.4. The third-order valence-electron chi connectivity index (χ3n) is 5.00. The number of guanidine groups is 1. The van der Waals surface area contributed by atoms with Crippen LogP contribution in [0.3, 0.4) is 0 Å². The van der Waals surface area contributed by atoms with Gasteiger partial charge < -0.3 is 15.4 Å². The van der Waals surface area contributed by atoms with Gasteiger partial charge in [-0.05, 0) is 48.2 Å². The molecule has 1 fully saturated rings. The molecule has 6 heteroatoms. The lowest BCUT2D eigenvalue weighted by Crippen LogP contribution is -2.48. The quantitative estimate of drug-likeness (QED) is 0.371. The molecule has 0 bridgehead atoms. The highest BCUT2D eigenvalue weighted by molar-refractivity contribution is 7.07. The lowest BCUT2D eigenvalue weighted by atomic mass is 10.0. The van der Waals surface area contributed by atoms with Gasteiger partial charge in [0.1, 0.15) is 12.4 Å². The van der Waals surface area contributed by atoms with Crippen LogP contribution in [0.4, 0.5) is 0 Å². The Morgan fingerprint density at radius 2 is 2.14 bits per heavy atom. The number of aliphatic imine (C=N–C) groups is 1. The highest BCUT2D eigenvalue weighted by Crippen LogP contribution is 2.19. The number of ether oxygens (including phenoxy) is 1. The van der Waals surface area contributed by atoms with Crippen molar-refractivity contribution < 1.29 is 4.74 Å². The van der Waals surface area contributed by atoms with E-state index in [1.807, 2.05) is 18.2 Å². The Kier molecular flexibility index (Phi) is 8.58. The Hall–Kier alpha value is -2.31. The zero-order valence-corrected chi connectivity index (χ0v) is 18.1. The summed E-state index contributed by atoms with van der Waals surface area (Å²) in [7, 11) is 0. The summed E-state index contributed by atoms with van der Waals surface area (Å²) in [6.45, 7) is 11.0. The number of piperidine rings is 1. The van der Waals surface area contributed by atoms with Crippen molar-refractivity contribution in [3.63, 3.8) is 0 Å². The molecule has 5 nitrogen and oxygen atoms in total. The molecule has 0 radical (unpaired) electrons. The minimum atomic E-state index is 0.457. The van der Waals surface area contributed by atoms with Gasteiger partial charge in [0.05, 0.1) is 6.54 Å². The summed E-state index contributed by atoms with van der Waals surface area (Å²) in [5.74, 6) is 1.75. The van der Waals surface area contributed by atoms with Crippen LogP contribution in [0.5, 0.6) is 5.75 Å². The normalized spacial score (nSPS) is 15.8. The van der Waals surface area contributed by atoms with Crippen LogP contribution in [0, 0.1) is 0 Å². The number of likely N-dealkylation sites (tertiary alicyclic amines) is 1. The fraction of sp³-hybridized carbons (Fsp3) is 0.435. The molecule has 0 atom stereocenters. The molecule has 1 saturated heterocycles. The largest absolute Gasteiger partial charge is 0.489 e. The standard InChI is InChI=1S/C23H32N4OS/c1-3-14-28-22-8-6-5-7-20(22)16-25-23(24-4-2)26-21-9-12-27(13-10-21)17-19-11-15-29-18-19/h3,5-8,11,15,18,21H,1,4,9-10,12-14,16-17H2,2H3,(H2,24,25,26). The maximum Gasteiger partial charge on any atom is 0.191 e. The fourth-order valence-electron chi connectivity index (χ4n) is 3.48. The number of benzene rings is 1. The van der Waals surface area contributed by atoms with Crippen molar-refractivity contribution in [2.45, 2.75) is 38.9 Å². The molecule has 3 rings (SSSR count). The SMILES string of the molecule is C=CCOc1ccccc1CN=C(NCC)NC1CCN(Cc2ccsc2)CC1. The van der Waals surface area contributed by atoms with Gasteiger partial charge in [0.15, 0.2) is 5.96 Å². The molecule has 0 amide bonds. The molecule has 0 saturated carbocycles. The van der Waals surface area contributed by atoms with E-state index in [1.165, 1.54) is 5.56 Å². The number of rotatable bonds is 9. The predicted molar refractivity (Wildman–Crippen MR) is 123 cm³/mol. The van der Waals surface area contributed by atoms with Gasteiger partial charge in [0.25, 0.3) is 0 Å². The van der Waals surface area contributed by atoms with Crippen LogP contribution in [0.15, 0.2) is 58.7 Å². The Bertz CT molecular complexity index is 767. The summed E-state index contributed by atoms with van der Waals surface area (Å²) in [4.78, 5) is 7.34. The van der Waals surface area contributed by atoms with E-state index >= 15 is 0 Å². The highest BCUT2D eigenvalue weighted by atomic mass is 32.1. The first kappa shape index (κ1) is 21.4. The number of nitrogens with zero attached hydrogens (tertiary/aromatic N) is 2. The van der Waals surface area contributed by atoms with Crippen LogP contribution in [0.25, 0.3) is 0 Å².